The summed E-state index contributed by atoms with van der Waals surface area (Å²) in [6.07, 6.45) is 4.20. The molecule has 0 fully saturated rings. The van der Waals surface area contributed by atoms with E-state index in [1.54, 1.807) is 19.9 Å². The Hall–Kier alpha value is -2.47. The lowest BCUT2D eigenvalue weighted by Crippen LogP contribution is -2.45. The van der Waals surface area contributed by atoms with Crippen molar-refractivity contribution in [2.75, 3.05) is 0 Å². The normalized spacial score (nSPS) is 22.1. The number of benzene rings is 2. The number of aromatic hydroxyl groups is 1. The molecule has 166 valence electrons. The molecule has 1 aliphatic heterocycles. The summed E-state index contributed by atoms with van der Waals surface area (Å²) in [5, 5.41) is 10.9. The van der Waals surface area contributed by atoms with Crippen LogP contribution >= 0.6 is 0 Å². The van der Waals surface area contributed by atoms with Gasteiger partial charge < -0.3 is 14.0 Å². The van der Waals surface area contributed by atoms with Crippen molar-refractivity contribution in [3.8, 4) is 17.2 Å². The number of fused-ring (bicyclic) bond motifs is 3. The molecule has 0 saturated heterocycles. The van der Waals surface area contributed by atoms with Gasteiger partial charge in [0.15, 0.2) is 0 Å². The predicted molar refractivity (Wildman–Crippen MR) is 121 cm³/mol. The van der Waals surface area contributed by atoms with Crippen molar-refractivity contribution in [3.05, 3.63) is 58.2 Å². The predicted octanol–water partition coefficient (Wildman–Crippen LogP) is 5.70. The molecule has 0 spiro atoms. The van der Waals surface area contributed by atoms with Crippen LogP contribution in [0.5, 0.6) is 17.2 Å². The van der Waals surface area contributed by atoms with E-state index in [4.69, 9.17) is 8.92 Å². The average molecular weight is 443 g/mol. The maximum Gasteiger partial charge on any atom is 0.339 e. The number of aryl methyl sites for hydroxylation is 3. The van der Waals surface area contributed by atoms with Gasteiger partial charge in [0.25, 0.3) is 0 Å². The van der Waals surface area contributed by atoms with E-state index in [0.29, 0.717) is 22.4 Å². The van der Waals surface area contributed by atoms with Gasteiger partial charge in [0, 0.05) is 29.5 Å². The van der Waals surface area contributed by atoms with E-state index in [1.807, 2.05) is 32.9 Å². The third kappa shape index (κ3) is 3.82. The van der Waals surface area contributed by atoms with Crippen LogP contribution < -0.4 is 8.92 Å². The van der Waals surface area contributed by atoms with Gasteiger partial charge in [-0.3, -0.25) is 0 Å². The first-order valence-electron chi connectivity index (χ1n) is 10.6. The van der Waals surface area contributed by atoms with Crippen LogP contribution in [0.3, 0.4) is 0 Å². The number of hydrogen-bond acceptors (Lipinski definition) is 5. The van der Waals surface area contributed by atoms with E-state index in [-0.39, 0.29) is 28.2 Å². The molecule has 1 heterocycles. The first-order valence-corrected chi connectivity index (χ1v) is 12.1. The minimum Gasteiger partial charge on any atom is -0.507 e. The maximum absolute atomic E-state index is 13.1. The Morgan fingerprint density at radius 3 is 2.35 bits per heavy atom. The van der Waals surface area contributed by atoms with Gasteiger partial charge in [-0.2, -0.15) is 8.42 Å². The molecule has 1 aliphatic carbocycles. The quantitative estimate of drug-likeness (QED) is 0.488. The monoisotopic (exact) mass is 442 g/mol. The fourth-order valence-corrected chi connectivity index (χ4v) is 6.62. The zero-order chi connectivity index (χ0) is 22.7. The highest BCUT2D eigenvalue weighted by atomic mass is 32.2. The number of phenolic OH excluding ortho intramolecular Hbond substituents is 1. The Labute approximate surface area is 184 Å². The van der Waals surface area contributed by atoms with Gasteiger partial charge in [0.05, 0.1) is 0 Å². The number of allylic oxidation sites excluding steroid dienone is 2. The Morgan fingerprint density at radius 1 is 1.06 bits per heavy atom. The van der Waals surface area contributed by atoms with Crippen LogP contribution in [-0.2, 0) is 10.1 Å². The second kappa shape index (κ2) is 7.30. The third-order valence-corrected chi connectivity index (χ3v) is 8.06. The van der Waals surface area contributed by atoms with Crippen LogP contribution in [0, 0.1) is 26.7 Å². The van der Waals surface area contributed by atoms with Crippen LogP contribution in [-0.4, -0.2) is 19.1 Å². The van der Waals surface area contributed by atoms with Crippen molar-refractivity contribution in [1.29, 1.82) is 0 Å². The van der Waals surface area contributed by atoms with Crippen molar-refractivity contribution >= 4 is 10.1 Å². The molecule has 2 aromatic carbocycles. The highest BCUT2D eigenvalue weighted by Gasteiger charge is 2.45. The molecule has 0 radical (unpaired) electrons. The minimum absolute atomic E-state index is 0.00324. The molecule has 2 atom stereocenters. The topological polar surface area (TPSA) is 72.8 Å². The summed E-state index contributed by atoms with van der Waals surface area (Å²) >= 11 is 0. The summed E-state index contributed by atoms with van der Waals surface area (Å²) in [5.74, 6) is 0.778. The van der Waals surface area contributed by atoms with Crippen LogP contribution in [0.4, 0.5) is 0 Å². The van der Waals surface area contributed by atoms with Gasteiger partial charge in [0.1, 0.15) is 27.7 Å². The van der Waals surface area contributed by atoms with Gasteiger partial charge in [-0.15, -0.1) is 0 Å². The van der Waals surface area contributed by atoms with Crippen molar-refractivity contribution in [3.63, 3.8) is 0 Å². The summed E-state index contributed by atoms with van der Waals surface area (Å²) in [6.45, 7) is 11.6. The fourth-order valence-electron chi connectivity index (χ4n) is 5.28. The van der Waals surface area contributed by atoms with Crippen LogP contribution in [0.25, 0.3) is 0 Å². The van der Waals surface area contributed by atoms with Crippen molar-refractivity contribution < 1.29 is 22.4 Å². The number of rotatable bonds is 3. The smallest absolute Gasteiger partial charge is 0.339 e. The van der Waals surface area contributed by atoms with E-state index < -0.39 is 15.7 Å². The van der Waals surface area contributed by atoms with Crippen LogP contribution in [0.1, 0.15) is 61.8 Å². The molecule has 0 amide bonds. The summed E-state index contributed by atoms with van der Waals surface area (Å²) in [7, 11) is -4.07. The highest BCUT2D eigenvalue weighted by molar-refractivity contribution is 7.87. The SMILES string of the molecule is CC1=CC2c3c(O)cc(OS(=O)(=O)c4c(C)cc(C)cc4C)cc3OC(C)(C)C2CC1. The first-order chi connectivity index (χ1) is 14.4. The molecule has 0 bridgehead atoms. The van der Waals surface area contributed by atoms with Gasteiger partial charge in [-0.05, 0) is 65.5 Å². The maximum atomic E-state index is 13.1. The zero-order valence-electron chi connectivity index (χ0n) is 18.9. The molecule has 0 saturated carbocycles. The standard InChI is InChI=1S/C25H30O5S/c1-14-7-8-20-19(11-14)23-21(26)12-18(13-22(23)29-25(20,5)6)30-31(27,28)24-16(3)9-15(2)10-17(24)4/h9-13,19-20,26H,7-8H2,1-6H3. The van der Waals surface area contributed by atoms with Crippen molar-refractivity contribution in [2.24, 2.45) is 5.92 Å². The Balaban J connectivity index is 1.77. The molecule has 2 unspecified atom stereocenters. The van der Waals surface area contributed by atoms with Crippen LogP contribution in [0.15, 0.2) is 40.8 Å². The molecule has 1 N–H and O–H groups in total. The molecular formula is C25H30O5S. The molecule has 2 aromatic rings. The zero-order valence-corrected chi connectivity index (χ0v) is 19.8. The third-order valence-electron chi connectivity index (χ3n) is 6.50. The molecule has 31 heavy (non-hydrogen) atoms. The van der Waals surface area contributed by atoms with Gasteiger partial charge in [-0.1, -0.05) is 29.3 Å². The second-order valence-electron chi connectivity index (χ2n) is 9.51. The lowest BCUT2D eigenvalue weighted by atomic mass is 9.68. The first kappa shape index (κ1) is 21.8. The fraction of sp³-hybridized carbons (Fsp3) is 0.440. The molecule has 0 aromatic heterocycles. The van der Waals surface area contributed by atoms with Gasteiger partial charge >= 0.3 is 10.1 Å². The lowest BCUT2D eigenvalue weighted by molar-refractivity contribution is 0.0107. The summed E-state index contributed by atoms with van der Waals surface area (Å²) in [6, 6.07) is 6.60. The average Bonchev–Trinajstić information content (AvgIpc) is 2.58. The summed E-state index contributed by atoms with van der Waals surface area (Å²) in [4.78, 5) is 0.155. The van der Waals surface area contributed by atoms with Gasteiger partial charge in [0.2, 0.25) is 0 Å². The Kier molecular flexibility index (Phi) is 5.12. The molecule has 6 heteroatoms. The van der Waals surface area contributed by atoms with E-state index in [0.717, 1.165) is 18.4 Å². The Bertz CT molecular complexity index is 1170. The molecular weight excluding hydrogens is 412 g/mol. The van der Waals surface area contributed by atoms with Crippen molar-refractivity contribution in [1.82, 2.24) is 0 Å². The second-order valence-corrected chi connectivity index (χ2v) is 11.0. The van der Waals surface area contributed by atoms with Gasteiger partial charge in [-0.25, -0.2) is 0 Å². The number of ether oxygens (including phenoxy) is 1. The number of phenols is 1. The molecule has 5 nitrogen and oxygen atoms in total. The lowest BCUT2D eigenvalue weighted by Gasteiger charge is -2.46. The minimum atomic E-state index is -4.07. The van der Waals surface area contributed by atoms with Crippen LogP contribution in [0.2, 0.25) is 0 Å². The van der Waals surface area contributed by atoms with Crippen molar-refractivity contribution in [2.45, 2.75) is 70.8 Å². The largest absolute Gasteiger partial charge is 0.507 e. The van der Waals surface area contributed by atoms with E-state index in [9.17, 15) is 13.5 Å². The summed E-state index contributed by atoms with van der Waals surface area (Å²) < 4.78 is 37.9. The molecule has 4 rings (SSSR count). The highest BCUT2D eigenvalue weighted by Crippen LogP contribution is 2.54. The van der Waals surface area contributed by atoms with E-state index in [2.05, 4.69) is 13.0 Å². The number of hydrogen-bond donors (Lipinski definition) is 1. The van der Waals surface area contributed by atoms with E-state index in [1.165, 1.54) is 11.6 Å². The van der Waals surface area contributed by atoms with E-state index >= 15 is 0 Å². The Morgan fingerprint density at radius 2 is 1.71 bits per heavy atom. The molecule has 2 aliphatic rings. The summed E-state index contributed by atoms with van der Waals surface area (Å²) in [5.41, 5.74) is 3.79.